The van der Waals surface area contributed by atoms with Crippen molar-refractivity contribution in [1.29, 1.82) is 0 Å². The van der Waals surface area contributed by atoms with E-state index in [1.807, 2.05) is 35.1 Å². The first-order valence-corrected chi connectivity index (χ1v) is 5.33. The molecule has 2 aromatic rings. The second kappa shape index (κ2) is 3.71. The molecule has 1 heterocycles. The highest BCUT2D eigenvalue weighted by molar-refractivity contribution is 7.98. The molecule has 5 heteroatoms. The standard InChI is InChI=1S/C9H10N4S/c1-14-9-12-11-6-13(9)8-4-2-3-7(10)5-8/h2-6H,10H2,1H3. The number of nitrogens with zero attached hydrogens (tertiary/aromatic N) is 3. The summed E-state index contributed by atoms with van der Waals surface area (Å²) in [6.07, 6.45) is 3.65. The minimum absolute atomic E-state index is 0.739. The van der Waals surface area contributed by atoms with Gasteiger partial charge >= 0.3 is 0 Å². The minimum Gasteiger partial charge on any atom is -0.399 e. The molecule has 72 valence electrons. The maximum absolute atomic E-state index is 5.70. The van der Waals surface area contributed by atoms with Crippen LogP contribution in [0.1, 0.15) is 0 Å². The van der Waals surface area contributed by atoms with Crippen molar-refractivity contribution in [3.05, 3.63) is 30.6 Å². The number of hydrogen-bond acceptors (Lipinski definition) is 4. The van der Waals surface area contributed by atoms with Gasteiger partial charge in [0.05, 0.1) is 5.69 Å². The average molecular weight is 206 g/mol. The second-order valence-electron chi connectivity index (χ2n) is 2.78. The summed E-state index contributed by atoms with van der Waals surface area (Å²) in [6.45, 7) is 0. The number of benzene rings is 1. The van der Waals surface area contributed by atoms with Crippen LogP contribution in [0.15, 0.2) is 35.7 Å². The van der Waals surface area contributed by atoms with Crippen LogP contribution in [0.2, 0.25) is 0 Å². The van der Waals surface area contributed by atoms with Gasteiger partial charge in [-0.1, -0.05) is 17.8 Å². The molecule has 4 nitrogen and oxygen atoms in total. The maximum Gasteiger partial charge on any atom is 0.195 e. The topological polar surface area (TPSA) is 56.7 Å². The number of anilines is 1. The third-order valence-electron chi connectivity index (χ3n) is 1.85. The highest BCUT2D eigenvalue weighted by Gasteiger charge is 2.04. The van der Waals surface area contributed by atoms with Crippen LogP contribution in [-0.4, -0.2) is 21.0 Å². The molecule has 0 aliphatic heterocycles. The van der Waals surface area contributed by atoms with Crippen molar-refractivity contribution < 1.29 is 0 Å². The van der Waals surface area contributed by atoms with E-state index in [0.717, 1.165) is 16.5 Å². The molecular formula is C9H10N4S. The van der Waals surface area contributed by atoms with Gasteiger partial charge in [-0.15, -0.1) is 10.2 Å². The van der Waals surface area contributed by atoms with Crippen LogP contribution in [0.4, 0.5) is 5.69 Å². The van der Waals surface area contributed by atoms with Crippen molar-refractivity contribution in [3.8, 4) is 5.69 Å². The molecule has 2 rings (SSSR count). The zero-order chi connectivity index (χ0) is 9.97. The predicted octanol–water partition coefficient (Wildman–Crippen LogP) is 1.57. The van der Waals surface area contributed by atoms with E-state index in [4.69, 9.17) is 5.73 Å². The summed E-state index contributed by atoms with van der Waals surface area (Å²) in [5.41, 5.74) is 7.42. The third kappa shape index (κ3) is 1.58. The van der Waals surface area contributed by atoms with Gasteiger partial charge in [-0.3, -0.25) is 4.57 Å². The van der Waals surface area contributed by atoms with Crippen molar-refractivity contribution >= 4 is 17.4 Å². The first-order chi connectivity index (χ1) is 6.81. The molecule has 0 aliphatic carbocycles. The van der Waals surface area contributed by atoms with E-state index in [9.17, 15) is 0 Å². The molecule has 0 unspecified atom stereocenters. The van der Waals surface area contributed by atoms with Gasteiger partial charge in [-0.05, 0) is 24.5 Å². The van der Waals surface area contributed by atoms with Crippen LogP contribution in [0, 0.1) is 0 Å². The highest BCUT2D eigenvalue weighted by Crippen LogP contribution is 2.18. The molecule has 1 aromatic heterocycles. The number of nitrogen functional groups attached to an aromatic ring is 1. The first kappa shape index (κ1) is 9.08. The van der Waals surface area contributed by atoms with Crippen LogP contribution in [0.3, 0.4) is 0 Å². The molecule has 0 aliphatic rings. The van der Waals surface area contributed by atoms with E-state index >= 15 is 0 Å². The van der Waals surface area contributed by atoms with E-state index < -0.39 is 0 Å². The van der Waals surface area contributed by atoms with Gasteiger partial charge in [0.1, 0.15) is 6.33 Å². The molecule has 0 bridgehead atoms. The molecule has 0 spiro atoms. The maximum atomic E-state index is 5.70. The Morgan fingerprint density at radius 2 is 2.29 bits per heavy atom. The van der Waals surface area contributed by atoms with E-state index in [2.05, 4.69) is 10.2 Å². The second-order valence-corrected chi connectivity index (χ2v) is 3.56. The number of rotatable bonds is 2. The summed E-state index contributed by atoms with van der Waals surface area (Å²) in [6, 6.07) is 7.63. The van der Waals surface area contributed by atoms with Crippen molar-refractivity contribution in [2.45, 2.75) is 5.16 Å². The molecule has 0 radical (unpaired) electrons. The molecular weight excluding hydrogens is 196 g/mol. The van der Waals surface area contributed by atoms with Crippen molar-refractivity contribution in [2.24, 2.45) is 0 Å². The lowest BCUT2D eigenvalue weighted by Crippen LogP contribution is -1.95. The van der Waals surface area contributed by atoms with Crippen LogP contribution >= 0.6 is 11.8 Å². The van der Waals surface area contributed by atoms with Crippen molar-refractivity contribution in [1.82, 2.24) is 14.8 Å². The first-order valence-electron chi connectivity index (χ1n) is 4.11. The molecule has 14 heavy (non-hydrogen) atoms. The lowest BCUT2D eigenvalue weighted by Gasteiger charge is -2.04. The average Bonchev–Trinajstić information content (AvgIpc) is 2.65. The fourth-order valence-electron chi connectivity index (χ4n) is 1.22. The SMILES string of the molecule is CSc1nncn1-c1cccc(N)c1. The lowest BCUT2D eigenvalue weighted by molar-refractivity contribution is 0.887. The normalized spacial score (nSPS) is 10.4. The van der Waals surface area contributed by atoms with E-state index in [0.29, 0.717) is 0 Å². The van der Waals surface area contributed by atoms with Crippen LogP contribution in [-0.2, 0) is 0 Å². The molecule has 0 saturated carbocycles. The quantitative estimate of drug-likeness (QED) is 0.598. The molecule has 0 saturated heterocycles. The fourth-order valence-corrected chi connectivity index (χ4v) is 1.69. The Labute approximate surface area is 86.1 Å². The largest absolute Gasteiger partial charge is 0.399 e. The monoisotopic (exact) mass is 206 g/mol. The Hall–Kier alpha value is -1.49. The summed E-state index contributed by atoms with van der Waals surface area (Å²) < 4.78 is 1.90. The summed E-state index contributed by atoms with van der Waals surface area (Å²) >= 11 is 1.55. The van der Waals surface area contributed by atoms with Gasteiger partial charge in [-0.2, -0.15) is 0 Å². The van der Waals surface area contributed by atoms with Crippen LogP contribution in [0.5, 0.6) is 0 Å². The number of hydrogen-bond donors (Lipinski definition) is 1. The minimum atomic E-state index is 0.739. The molecule has 0 fully saturated rings. The zero-order valence-corrected chi connectivity index (χ0v) is 8.53. The van der Waals surface area contributed by atoms with Gasteiger partial charge in [0.15, 0.2) is 5.16 Å². The highest BCUT2D eigenvalue weighted by atomic mass is 32.2. The van der Waals surface area contributed by atoms with E-state index in [1.165, 1.54) is 0 Å². The smallest absolute Gasteiger partial charge is 0.195 e. The van der Waals surface area contributed by atoms with E-state index in [-0.39, 0.29) is 0 Å². The molecule has 0 amide bonds. The van der Waals surface area contributed by atoms with Crippen molar-refractivity contribution in [2.75, 3.05) is 12.0 Å². The zero-order valence-electron chi connectivity index (χ0n) is 7.71. The Kier molecular flexibility index (Phi) is 2.41. The van der Waals surface area contributed by atoms with Gasteiger partial charge in [0, 0.05) is 5.69 Å². The summed E-state index contributed by atoms with van der Waals surface area (Å²) in [4.78, 5) is 0. The van der Waals surface area contributed by atoms with Crippen LogP contribution < -0.4 is 5.73 Å². The predicted molar refractivity (Wildman–Crippen MR) is 57.6 cm³/mol. The molecule has 1 aromatic carbocycles. The van der Waals surface area contributed by atoms with Crippen molar-refractivity contribution in [3.63, 3.8) is 0 Å². The summed E-state index contributed by atoms with van der Waals surface area (Å²) in [7, 11) is 0. The summed E-state index contributed by atoms with van der Waals surface area (Å²) in [5, 5.41) is 8.68. The van der Waals surface area contributed by atoms with Gasteiger partial charge in [0.2, 0.25) is 0 Å². The molecule has 0 atom stereocenters. The van der Waals surface area contributed by atoms with Gasteiger partial charge in [-0.25, -0.2) is 0 Å². The van der Waals surface area contributed by atoms with Crippen LogP contribution in [0.25, 0.3) is 5.69 Å². The Balaban J connectivity index is 2.49. The fraction of sp³-hybridized carbons (Fsp3) is 0.111. The van der Waals surface area contributed by atoms with Gasteiger partial charge in [0.25, 0.3) is 0 Å². The van der Waals surface area contributed by atoms with Gasteiger partial charge < -0.3 is 5.73 Å². The number of aromatic nitrogens is 3. The number of nitrogens with two attached hydrogens (primary N) is 1. The Morgan fingerprint density at radius 3 is 3.00 bits per heavy atom. The lowest BCUT2D eigenvalue weighted by atomic mass is 10.3. The summed E-state index contributed by atoms with van der Waals surface area (Å²) in [5.74, 6) is 0. The Morgan fingerprint density at radius 1 is 1.43 bits per heavy atom. The number of thioether (sulfide) groups is 1. The van der Waals surface area contributed by atoms with E-state index in [1.54, 1.807) is 18.1 Å². The molecule has 2 N–H and O–H groups in total. The third-order valence-corrected chi connectivity index (χ3v) is 2.49. The Bertz CT molecular complexity index is 438.